The van der Waals surface area contributed by atoms with Crippen LogP contribution in [0.4, 0.5) is 0 Å². The molecule has 0 aliphatic heterocycles. The van der Waals surface area contributed by atoms with Gasteiger partial charge < -0.3 is 9.47 Å². The second-order valence-electron chi connectivity index (χ2n) is 3.78. The van der Waals surface area contributed by atoms with Crippen LogP contribution in [-0.4, -0.2) is 25.1 Å². The minimum atomic E-state index is -0.339. The molecule has 4 heteroatoms. The predicted molar refractivity (Wildman–Crippen MR) is 72.6 cm³/mol. The number of rotatable bonds is 7. The van der Waals surface area contributed by atoms with E-state index in [9.17, 15) is 4.79 Å². The highest BCUT2D eigenvalue weighted by Crippen LogP contribution is 2.22. The van der Waals surface area contributed by atoms with E-state index in [0.29, 0.717) is 30.4 Å². The zero-order valence-electron chi connectivity index (χ0n) is 10.9. The molecule has 1 aromatic carbocycles. The monoisotopic (exact) mass is 270 g/mol. The third-order valence-electron chi connectivity index (χ3n) is 2.44. The van der Waals surface area contributed by atoms with Crippen molar-refractivity contribution < 1.29 is 14.3 Å². The van der Waals surface area contributed by atoms with Gasteiger partial charge in [0.1, 0.15) is 11.3 Å². The zero-order valence-corrected chi connectivity index (χ0v) is 11.6. The summed E-state index contributed by atoms with van der Waals surface area (Å²) < 4.78 is 10.5. The lowest BCUT2D eigenvalue weighted by Gasteiger charge is -2.11. The maximum Gasteiger partial charge on any atom is 0.341 e. The van der Waals surface area contributed by atoms with Crippen molar-refractivity contribution in [3.63, 3.8) is 0 Å². The summed E-state index contributed by atoms with van der Waals surface area (Å²) in [6.07, 6.45) is 1.74. The van der Waals surface area contributed by atoms with Crippen molar-refractivity contribution in [2.75, 3.05) is 19.1 Å². The number of benzene rings is 1. The molecule has 0 aromatic heterocycles. The van der Waals surface area contributed by atoms with E-state index in [1.54, 1.807) is 6.92 Å². The Morgan fingerprint density at radius 3 is 2.67 bits per heavy atom. The molecule has 1 rings (SSSR count). The van der Waals surface area contributed by atoms with E-state index in [0.717, 1.165) is 18.4 Å². The van der Waals surface area contributed by atoms with Crippen LogP contribution in [0.2, 0.25) is 0 Å². The van der Waals surface area contributed by atoms with Gasteiger partial charge in [0.25, 0.3) is 0 Å². The zero-order chi connectivity index (χ0) is 13.4. The van der Waals surface area contributed by atoms with Gasteiger partial charge in [-0.1, -0.05) is 6.07 Å². The van der Waals surface area contributed by atoms with Crippen LogP contribution >= 0.6 is 11.6 Å². The fourth-order valence-corrected chi connectivity index (χ4v) is 1.79. The van der Waals surface area contributed by atoms with Crippen LogP contribution in [0.1, 0.15) is 36.2 Å². The average molecular weight is 271 g/mol. The molecule has 0 bridgehead atoms. The van der Waals surface area contributed by atoms with Crippen LogP contribution < -0.4 is 4.74 Å². The molecule has 0 atom stereocenters. The minimum Gasteiger partial charge on any atom is -0.493 e. The van der Waals surface area contributed by atoms with E-state index < -0.39 is 0 Å². The Labute approximate surface area is 113 Å². The summed E-state index contributed by atoms with van der Waals surface area (Å²) in [6, 6.07) is 5.61. The second kappa shape index (κ2) is 7.98. The molecule has 1 aromatic rings. The molecular formula is C14H19ClO3. The Kier molecular flexibility index (Phi) is 6.58. The average Bonchev–Trinajstić information content (AvgIpc) is 2.38. The number of carbonyl (C=O) groups is 1. The summed E-state index contributed by atoms with van der Waals surface area (Å²) in [5.74, 6) is 0.848. The van der Waals surface area contributed by atoms with Crippen molar-refractivity contribution in [2.24, 2.45) is 0 Å². The minimum absolute atomic E-state index is 0.339. The summed E-state index contributed by atoms with van der Waals surface area (Å²) in [7, 11) is 0. The molecule has 0 amide bonds. The van der Waals surface area contributed by atoms with Gasteiger partial charge in [-0.2, -0.15) is 0 Å². The number of hydrogen-bond donors (Lipinski definition) is 0. The maximum atomic E-state index is 11.8. The molecule has 0 fully saturated rings. The SMILES string of the molecule is CCOC(=O)c1cc(CCCCl)ccc1OCC. The first-order valence-electron chi connectivity index (χ1n) is 6.21. The molecule has 0 radical (unpaired) electrons. The van der Waals surface area contributed by atoms with E-state index >= 15 is 0 Å². The van der Waals surface area contributed by atoms with E-state index in [1.165, 1.54) is 0 Å². The largest absolute Gasteiger partial charge is 0.493 e. The highest BCUT2D eigenvalue weighted by molar-refractivity contribution is 6.17. The van der Waals surface area contributed by atoms with Crippen LogP contribution in [0.3, 0.4) is 0 Å². The Hall–Kier alpha value is -1.22. The normalized spacial score (nSPS) is 10.2. The molecule has 100 valence electrons. The number of halogens is 1. The van der Waals surface area contributed by atoms with Gasteiger partial charge in [-0.15, -0.1) is 11.6 Å². The van der Waals surface area contributed by atoms with Crippen molar-refractivity contribution in [1.82, 2.24) is 0 Å². The highest BCUT2D eigenvalue weighted by Gasteiger charge is 2.14. The van der Waals surface area contributed by atoms with Crippen molar-refractivity contribution in [2.45, 2.75) is 26.7 Å². The first-order valence-corrected chi connectivity index (χ1v) is 6.75. The van der Waals surface area contributed by atoms with E-state index in [2.05, 4.69) is 0 Å². The third-order valence-corrected chi connectivity index (χ3v) is 2.71. The molecule has 0 saturated carbocycles. The number of hydrogen-bond acceptors (Lipinski definition) is 3. The van der Waals surface area contributed by atoms with Crippen molar-refractivity contribution in [3.05, 3.63) is 29.3 Å². The van der Waals surface area contributed by atoms with E-state index in [1.807, 2.05) is 25.1 Å². The number of carbonyl (C=O) groups excluding carboxylic acids is 1. The summed E-state index contributed by atoms with van der Waals surface area (Å²) >= 11 is 5.67. The van der Waals surface area contributed by atoms with E-state index in [4.69, 9.17) is 21.1 Å². The van der Waals surface area contributed by atoms with Crippen molar-refractivity contribution >= 4 is 17.6 Å². The first-order chi connectivity index (χ1) is 8.72. The Morgan fingerprint density at radius 1 is 1.28 bits per heavy atom. The fourth-order valence-electron chi connectivity index (χ4n) is 1.65. The fraction of sp³-hybridized carbons (Fsp3) is 0.500. The van der Waals surface area contributed by atoms with Gasteiger partial charge in [-0.3, -0.25) is 0 Å². The predicted octanol–water partition coefficient (Wildman–Crippen LogP) is 3.43. The lowest BCUT2D eigenvalue weighted by Crippen LogP contribution is -2.08. The second-order valence-corrected chi connectivity index (χ2v) is 4.15. The molecule has 0 unspecified atom stereocenters. The highest BCUT2D eigenvalue weighted by atomic mass is 35.5. The number of esters is 1. The standard InChI is InChI=1S/C14H19ClO3/c1-3-17-13-8-7-11(6-5-9-15)10-12(13)14(16)18-4-2/h7-8,10H,3-6,9H2,1-2H3. The van der Waals surface area contributed by atoms with Gasteiger partial charge >= 0.3 is 5.97 Å². The third kappa shape index (κ3) is 4.22. The van der Waals surface area contributed by atoms with Crippen molar-refractivity contribution in [1.29, 1.82) is 0 Å². The van der Waals surface area contributed by atoms with Crippen LogP contribution in [0.5, 0.6) is 5.75 Å². The molecule has 0 saturated heterocycles. The molecule has 0 spiro atoms. The molecule has 0 heterocycles. The lowest BCUT2D eigenvalue weighted by atomic mass is 10.1. The van der Waals surface area contributed by atoms with Gasteiger partial charge in [0, 0.05) is 5.88 Å². The van der Waals surface area contributed by atoms with Gasteiger partial charge in [-0.05, 0) is 44.4 Å². The maximum absolute atomic E-state index is 11.8. The van der Waals surface area contributed by atoms with Gasteiger partial charge in [0.2, 0.25) is 0 Å². The number of alkyl halides is 1. The van der Waals surface area contributed by atoms with Crippen LogP contribution in [0.25, 0.3) is 0 Å². The van der Waals surface area contributed by atoms with Crippen LogP contribution in [0, 0.1) is 0 Å². The summed E-state index contributed by atoms with van der Waals surface area (Å²) in [6.45, 7) is 4.55. The molecule has 18 heavy (non-hydrogen) atoms. The smallest absolute Gasteiger partial charge is 0.341 e. The Morgan fingerprint density at radius 2 is 2.06 bits per heavy atom. The van der Waals surface area contributed by atoms with Gasteiger partial charge in [0.15, 0.2) is 0 Å². The van der Waals surface area contributed by atoms with Gasteiger partial charge in [-0.25, -0.2) is 4.79 Å². The topological polar surface area (TPSA) is 35.5 Å². The quantitative estimate of drug-likeness (QED) is 0.562. The summed E-state index contributed by atoms with van der Waals surface area (Å²) in [4.78, 5) is 11.8. The summed E-state index contributed by atoms with van der Waals surface area (Å²) in [5.41, 5.74) is 1.56. The molecule has 3 nitrogen and oxygen atoms in total. The number of aryl methyl sites for hydroxylation is 1. The molecule has 0 aliphatic rings. The lowest BCUT2D eigenvalue weighted by molar-refractivity contribution is 0.0522. The Bertz CT molecular complexity index is 391. The summed E-state index contributed by atoms with van der Waals surface area (Å²) in [5, 5.41) is 0. The Balaban J connectivity index is 2.95. The van der Waals surface area contributed by atoms with E-state index in [-0.39, 0.29) is 5.97 Å². The molecule has 0 aliphatic carbocycles. The molecule has 0 N–H and O–H groups in total. The van der Waals surface area contributed by atoms with Gasteiger partial charge in [0.05, 0.1) is 13.2 Å². The van der Waals surface area contributed by atoms with Crippen LogP contribution in [-0.2, 0) is 11.2 Å². The number of ether oxygens (including phenoxy) is 2. The molecular weight excluding hydrogens is 252 g/mol. The van der Waals surface area contributed by atoms with Crippen molar-refractivity contribution in [3.8, 4) is 5.75 Å². The van der Waals surface area contributed by atoms with Crippen LogP contribution in [0.15, 0.2) is 18.2 Å². The first kappa shape index (κ1) is 14.8.